The molecule has 0 heterocycles. The molecule has 0 nitrogen and oxygen atoms in total. The molecule has 3 heteroatoms. The van der Waals surface area contributed by atoms with Gasteiger partial charge in [0, 0.05) is 0 Å². The SMILES string of the molecule is CC1CC(C(C)c2cc(F)c(F)c(F)c2)CC(C)C1C. The summed E-state index contributed by atoms with van der Waals surface area (Å²) in [6.07, 6.45) is 2.13. The maximum atomic E-state index is 13.4. The van der Waals surface area contributed by atoms with Crippen LogP contribution in [0.25, 0.3) is 0 Å². The van der Waals surface area contributed by atoms with Crippen LogP contribution in [-0.2, 0) is 0 Å². The molecular weight excluding hydrogens is 261 g/mol. The van der Waals surface area contributed by atoms with Crippen molar-refractivity contribution in [2.45, 2.75) is 46.5 Å². The molecule has 0 aliphatic heterocycles. The first kappa shape index (κ1) is 15.4. The van der Waals surface area contributed by atoms with Gasteiger partial charge in [0.2, 0.25) is 0 Å². The van der Waals surface area contributed by atoms with Gasteiger partial charge >= 0.3 is 0 Å². The summed E-state index contributed by atoms with van der Waals surface area (Å²) < 4.78 is 39.8. The smallest absolute Gasteiger partial charge is 0.194 e. The topological polar surface area (TPSA) is 0 Å². The van der Waals surface area contributed by atoms with Crippen LogP contribution < -0.4 is 0 Å². The normalized spacial score (nSPS) is 32.1. The fraction of sp³-hybridized carbons (Fsp3) is 0.647. The van der Waals surface area contributed by atoms with Gasteiger partial charge in [-0.2, -0.15) is 0 Å². The van der Waals surface area contributed by atoms with Crippen LogP contribution in [-0.4, -0.2) is 0 Å². The monoisotopic (exact) mass is 284 g/mol. The Morgan fingerprint density at radius 3 is 1.85 bits per heavy atom. The van der Waals surface area contributed by atoms with E-state index in [9.17, 15) is 13.2 Å². The molecule has 2 rings (SSSR count). The van der Waals surface area contributed by atoms with Crippen LogP contribution >= 0.6 is 0 Å². The predicted molar refractivity (Wildman–Crippen MR) is 74.9 cm³/mol. The van der Waals surface area contributed by atoms with Crippen molar-refractivity contribution in [1.29, 1.82) is 0 Å². The first-order chi connectivity index (χ1) is 9.31. The van der Waals surface area contributed by atoms with Crippen molar-refractivity contribution in [2.75, 3.05) is 0 Å². The van der Waals surface area contributed by atoms with Crippen molar-refractivity contribution in [3.8, 4) is 0 Å². The molecule has 1 aliphatic rings. The van der Waals surface area contributed by atoms with Crippen molar-refractivity contribution in [2.24, 2.45) is 23.7 Å². The molecule has 1 saturated carbocycles. The Balaban J connectivity index is 2.21. The maximum absolute atomic E-state index is 13.4. The second-order valence-corrected chi connectivity index (χ2v) is 6.63. The minimum absolute atomic E-state index is 0.0528. The zero-order valence-corrected chi connectivity index (χ0v) is 12.6. The maximum Gasteiger partial charge on any atom is 0.194 e. The van der Waals surface area contributed by atoms with Crippen LogP contribution in [0.5, 0.6) is 0 Å². The highest BCUT2D eigenvalue weighted by atomic mass is 19.2. The number of hydrogen-bond donors (Lipinski definition) is 0. The van der Waals surface area contributed by atoms with E-state index in [4.69, 9.17) is 0 Å². The number of halogens is 3. The third-order valence-electron chi connectivity index (χ3n) is 5.38. The van der Waals surface area contributed by atoms with E-state index < -0.39 is 17.5 Å². The summed E-state index contributed by atoms with van der Waals surface area (Å²) in [5, 5.41) is 0. The Labute approximate surface area is 119 Å². The molecule has 0 radical (unpaired) electrons. The second kappa shape index (κ2) is 5.79. The largest absolute Gasteiger partial charge is 0.204 e. The van der Waals surface area contributed by atoms with Crippen molar-refractivity contribution >= 4 is 0 Å². The summed E-state index contributed by atoms with van der Waals surface area (Å²) in [6, 6.07) is 2.30. The van der Waals surface area contributed by atoms with Gasteiger partial charge in [-0.3, -0.25) is 0 Å². The lowest BCUT2D eigenvalue weighted by atomic mass is 9.66. The highest BCUT2D eigenvalue weighted by Gasteiger charge is 2.33. The van der Waals surface area contributed by atoms with E-state index in [1.54, 1.807) is 0 Å². The zero-order valence-electron chi connectivity index (χ0n) is 12.6. The molecule has 3 atom stereocenters. The van der Waals surface area contributed by atoms with Gasteiger partial charge in [0.1, 0.15) is 0 Å². The van der Waals surface area contributed by atoms with E-state index in [0.717, 1.165) is 25.0 Å². The summed E-state index contributed by atoms with van der Waals surface area (Å²) in [5.41, 5.74) is 0.570. The lowest BCUT2D eigenvalue weighted by Crippen LogP contribution is -2.30. The quantitative estimate of drug-likeness (QED) is 0.627. The molecule has 0 amide bonds. The van der Waals surface area contributed by atoms with E-state index >= 15 is 0 Å². The Hall–Kier alpha value is -0.990. The van der Waals surface area contributed by atoms with Crippen LogP contribution in [0.4, 0.5) is 13.2 Å². The molecule has 3 unspecified atom stereocenters. The van der Waals surface area contributed by atoms with E-state index in [1.165, 1.54) is 0 Å². The van der Waals surface area contributed by atoms with Gasteiger partial charge in [-0.15, -0.1) is 0 Å². The number of hydrogen-bond acceptors (Lipinski definition) is 0. The van der Waals surface area contributed by atoms with E-state index in [2.05, 4.69) is 20.8 Å². The fourth-order valence-electron chi connectivity index (χ4n) is 3.56. The van der Waals surface area contributed by atoms with Crippen LogP contribution in [0.2, 0.25) is 0 Å². The summed E-state index contributed by atoms with van der Waals surface area (Å²) in [4.78, 5) is 0. The van der Waals surface area contributed by atoms with E-state index in [0.29, 0.717) is 29.2 Å². The van der Waals surface area contributed by atoms with Crippen LogP contribution in [0.3, 0.4) is 0 Å². The zero-order chi connectivity index (χ0) is 15.0. The molecule has 0 saturated heterocycles. The van der Waals surface area contributed by atoms with Gasteiger partial charge in [0.25, 0.3) is 0 Å². The standard InChI is InChI=1S/C17H23F3/c1-9-5-13(6-10(2)11(9)3)12(4)14-7-15(18)17(20)16(19)8-14/h7-13H,5-6H2,1-4H3. The van der Waals surface area contributed by atoms with Gasteiger partial charge in [0.15, 0.2) is 17.5 Å². The van der Waals surface area contributed by atoms with Crippen molar-refractivity contribution in [3.05, 3.63) is 35.1 Å². The molecule has 1 fully saturated rings. The summed E-state index contributed by atoms with van der Waals surface area (Å²) in [5.74, 6) is -1.19. The summed E-state index contributed by atoms with van der Waals surface area (Å²) in [6.45, 7) is 8.75. The fourth-order valence-corrected chi connectivity index (χ4v) is 3.56. The molecule has 0 N–H and O–H groups in total. The lowest BCUT2D eigenvalue weighted by molar-refractivity contribution is 0.127. The van der Waals surface area contributed by atoms with Crippen molar-refractivity contribution < 1.29 is 13.2 Å². The first-order valence-electron chi connectivity index (χ1n) is 7.45. The number of benzene rings is 1. The van der Waals surface area contributed by atoms with Gasteiger partial charge in [-0.1, -0.05) is 27.7 Å². The summed E-state index contributed by atoms with van der Waals surface area (Å²) in [7, 11) is 0. The van der Waals surface area contributed by atoms with E-state index in [1.807, 2.05) is 6.92 Å². The minimum atomic E-state index is -1.38. The number of rotatable bonds is 2. The second-order valence-electron chi connectivity index (χ2n) is 6.63. The average molecular weight is 284 g/mol. The molecular formula is C17H23F3. The summed E-state index contributed by atoms with van der Waals surface area (Å²) >= 11 is 0. The molecule has 0 aromatic heterocycles. The lowest BCUT2D eigenvalue weighted by Gasteiger charge is -2.40. The molecule has 0 bridgehead atoms. The van der Waals surface area contributed by atoms with E-state index in [-0.39, 0.29) is 5.92 Å². The van der Waals surface area contributed by atoms with Gasteiger partial charge in [-0.05, 0) is 60.1 Å². The minimum Gasteiger partial charge on any atom is -0.204 e. The molecule has 20 heavy (non-hydrogen) atoms. The Morgan fingerprint density at radius 2 is 1.40 bits per heavy atom. The Morgan fingerprint density at radius 1 is 0.950 bits per heavy atom. The molecule has 0 spiro atoms. The van der Waals surface area contributed by atoms with Crippen LogP contribution in [0, 0.1) is 41.1 Å². The van der Waals surface area contributed by atoms with Crippen molar-refractivity contribution in [1.82, 2.24) is 0 Å². The third-order valence-corrected chi connectivity index (χ3v) is 5.38. The van der Waals surface area contributed by atoms with Gasteiger partial charge in [0.05, 0.1) is 0 Å². The highest BCUT2D eigenvalue weighted by molar-refractivity contribution is 5.23. The molecule has 1 aromatic carbocycles. The van der Waals surface area contributed by atoms with Crippen molar-refractivity contribution in [3.63, 3.8) is 0 Å². The average Bonchev–Trinajstić information content (AvgIpc) is 2.40. The Bertz CT molecular complexity index is 448. The Kier molecular flexibility index (Phi) is 4.46. The van der Waals surface area contributed by atoms with Crippen LogP contribution in [0.15, 0.2) is 12.1 Å². The highest BCUT2D eigenvalue weighted by Crippen LogP contribution is 2.43. The van der Waals surface area contributed by atoms with Crippen LogP contribution in [0.1, 0.15) is 52.0 Å². The third kappa shape index (κ3) is 2.87. The first-order valence-corrected chi connectivity index (χ1v) is 7.45. The van der Waals surface area contributed by atoms with Gasteiger partial charge < -0.3 is 0 Å². The molecule has 1 aliphatic carbocycles. The van der Waals surface area contributed by atoms with Gasteiger partial charge in [-0.25, -0.2) is 13.2 Å². The molecule has 112 valence electrons. The predicted octanol–water partition coefficient (Wildman–Crippen LogP) is 5.53. The molecule has 1 aromatic rings.